The first kappa shape index (κ1) is 13.5. The lowest BCUT2D eigenvalue weighted by atomic mass is 10.3. The molecule has 0 bridgehead atoms. The molecule has 1 aromatic rings. The Morgan fingerprint density at radius 2 is 2.18 bits per heavy atom. The van der Waals surface area contributed by atoms with Gasteiger partial charge in [0.1, 0.15) is 0 Å². The molecule has 0 amide bonds. The maximum atomic E-state index is 5.30. The molecule has 17 heavy (non-hydrogen) atoms. The number of ether oxygens (including phenoxy) is 2. The zero-order chi connectivity index (χ0) is 12.5. The van der Waals surface area contributed by atoms with Crippen LogP contribution in [0.4, 0.5) is 0 Å². The van der Waals surface area contributed by atoms with Crippen LogP contribution in [0.25, 0.3) is 0 Å². The summed E-state index contributed by atoms with van der Waals surface area (Å²) >= 11 is 0. The average molecular weight is 236 g/mol. The molecule has 1 aromatic heterocycles. The lowest BCUT2D eigenvalue weighted by Crippen LogP contribution is -2.16. The van der Waals surface area contributed by atoms with Crippen molar-refractivity contribution in [1.82, 2.24) is 10.3 Å². The van der Waals surface area contributed by atoms with Gasteiger partial charge in [0.05, 0.1) is 19.9 Å². The first-order valence-electron chi connectivity index (χ1n) is 5.71. The van der Waals surface area contributed by atoms with E-state index >= 15 is 0 Å². The van der Waals surface area contributed by atoms with Crippen molar-refractivity contribution < 1.29 is 9.47 Å². The molecule has 0 aliphatic rings. The van der Waals surface area contributed by atoms with E-state index in [9.17, 15) is 0 Å². The van der Waals surface area contributed by atoms with E-state index in [1.165, 1.54) is 0 Å². The number of rotatable bonds is 7. The van der Waals surface area contributed by atoms with Gasteiger partial charge in [0.15, 0.2) is 11.5 Å². The highest BCUT2D eigenvalue weighted by Gasteiger charge is 2.09. The highest BCUT2D eigenvalue weighted by Crippen LogP contribution is 2.28. The summed E-state index contributed by atoms with van der Waals surface area (Å²) in [7, 11) is 3.25. The average Bonchev–Trinajstić information content (AvgIpc) is 2.38. The minimum Gasteiger partial charge on any atom is -0.493 e. The van der Waals surface area contributed by atoms with Crippen molar-refractivity contribution in [3.05, 3.63) is 30.1 Å². The molecule has 1 heterocycles. The summed E-state index contributed by atoms with van der Waals surface area (Å²) < 4.78 is 10.5. The number of methoxy groups -OCH3 is 2. The first-order chi connectivity index (χ1) is 8.33. The maximum absolute atomic E-state index is 5.30. The Balaban J connectivity index is 2.57. The number of aromatic nitrogens is 1. The zero-order valence-electron chi connectivity index (χ0n) is 10.7. The minimum absolute atomic E-state index is 0.678. The maximum Gasteiger partial charge on any atom is 0.183 e. The molecule has 0 aliphatic carbocycles. The topological polar surface area (TPSA) is 43.4 Å². The normalized spacial score (nSPS) is 10.8. The van der Waals surface area contributed by atoms with Crippen molar-refractivity contribution in [3.63, 3.8) is 0 Å². The SMILES string of the molecule is C/C=C/CCNCc1nccc(OC)c1OC. The van der Waals surface area contributed by atoms with Crippen LogP contribution in [0.1, 0.15) is 19.0 Å². The third-order valence-electron chi connectivity index (χ3n) is 2.38. The predicted octanol–water partition coefficient (Wildman–Crippen LogP) is 2.15. The number of hydrogen-bond donors (Lipinski definition) is 1. The molecule has 0 aromatic carbocycles. The molecule has 1 N–H and O–H groups in total. The molecule has 0 unspecified atom stereocenters. The van der Waals surface area contributed by atoms with Gasteiger partial charge in [-0.15, -0.1) is 0 Å². The molecule has 0 fully saturated rings. The van der Waals surface area contributed by atoms with Gasteiger partial charge in [-0.1, -0.05) is 12.2 Å². The second kappa shape index (κ2) is 7.68. The lowest BCUT2D eigenvalue weighted by molar-refractivity contribution is 0.348. The second-order valence-electron chi connectivity index (χ2n) is 3.53. The molecule has 94 valence electrons. The van der Waals surface area contributed by atoms with Gasteiger partial charge in [-0.25, -0.2) is 0 Å². The largest absolute Gasteiger partial charge is 0.493 e. The highest BCUT2D eigenvalue weighted by molar-refractivity contribution is 5.42. The molecule has 1 rings (SSSR count). The van der Waals surface area contributed by atoms with Crippen molar-refractivity contribution in [3.8, 4) is 11.5 Å². The minimum atomic E-state index is 0.678. The van der Waals surface area contributed by atoms with Gasteiger partial charge in [0, 0.05) is 18.8 Å². The third kappa shape index (κ3) is 4.07. The zero-order valence-corrected chi connectivity index (χ0v) is 10.7. The van der Waals surface area contributed by atoms with Crippen LogP contribution in [0.3, 0.4) is 0 Å². The molecule has 0 saturated heterocycles. The number of pyridine rings is 1. The van der Waals surface area contributed by atoms with Crippen molar-refractivity contribution in [1.29, 1.82) is 0 Å². The van der Waals surface area contributed by atoms with Crippen LogP contribution in [0, 0.1) is 0 Å². The first-order valence-corrected chi connectivity index (χ1v) is 5.71. The Hall–Kier alpha value is -1.55. The van der Waals surface area contributed by atoms with Crippen LogP contribution in [-0.2, 0) is 6.54 Å². The Labute approximate surface area is 103 Å². The molecule has 4 heteroatoms. The Kier molecular flexibility index (Phi) is 6.10. The van der Waals surface area contributed by atoms with Crippen LogP contribution >= 0.6 is 0 Å². The summed E-state index contributed by atoms with van der Waals surface area (Å²) in [6.07, 6.45) is 6.92. The summed E-state index contributed by atoms with van der Waals surface area (Å²) in [5, 5.41) is 3.31. The summed E-state index contributed by atoms with van der Waals surface area (Å²) in [6.45, 7) is 3.62. The van der Waals surface area contributed by atoms with Crippen LogP contribution < -0.4 is 14.8 Å². The molecule has 0 radical (unpaired) electrons. The monoisotopic (exact) mass is 236 g/mol. The van der Waals surface area contributed by atoms with Crippen LogP contribution in [0.15, 0.2) is 24.4 Å². The molecule has 0 atom stereocenters. The number of nitrogens with zero attached hydrogens (tertiary/aromatic N) is 1. The van der Waals surface area contributed by atoms with Gasteiger partial charge < -0.3 is 14.8 Å². The quantitative estimate of drug-likeness (QED) is 0.582. The van der Waals surface area contributed by atoms with Gasteiger partial charge in [-0.3, -0.25) is 4.98 Å². The van der Waals surface area contributed by atoms with E-state index in [-0.39, 0.29) is 0 Å². The van der Waals surface area contributed by atoms with Crippen molar-refractivity contribution in [2.24, 2.45) is 0 Å². The van der Waals surface area contributed by atoms with E-state index < -0.39 is 0 Å². The van der Waals surface area contributed by atoms with Gasteiger partial charge in [0.25, 0.3) is 0 Å². The van der Waals surface area contributed by atoms with Gasteiger partial charge in [-0.2, -0.15) is 0 Å². The van der Waals surface area contributed by atoms with Gasteiger partial charge in [0.2, 0.25) is 0 Å². The fourth-order valence-corrected chi connectivity index (χ4v) is 1.54. The lowest BCUT2D eigenvalue weighted by Gasteiger charge is -2.11. The number of hydrogen-bond acceptors (Lipinski definition) is 4. The van der Waals surface area contributed by atoms with Gasteiger partial charge in [-0.05, 0) is 19.9 Å². The smallest absolute Gasteiger partial charge is 0.183 e. The van der Waals surface area contributed by atoms with Crippen molar-refractivity contribution in [2.45, 2.75) is 19.9 Å². The standard InChI is InChI=1S/C13H20N2O2/c1-4-5-6-8-14-10-11-13(17-3)12(16-2)7-9-15-11/h4-5,7,9,14H,6,8,10H2,1-3H3/b5-4+. The van der Waals surface area contributed by atoms with E-state index in [1.54, 1.807) is 26.5 Å². The molecular weight excluding hydrogens is 216 g/mol. The summed E-state index contributed by atoms with van der Waals surface area (Å²) in [5.41, 5.74) is 0.868. The van der Waals surface area contributed by atoms with Crippen LogP contribution in [-0.4, -0.2) is 25.7 Å². The Morgan fingerprint density at radius 3 is 2.82 bits per heavy atom. The summed E-state index contributed by atoms with van der Waals surface area (Å²) in [5.74, 6) is 1.42. The molecule has 4 nitrogen and oxygen atoms in total. The van der Waals surface area contributed by atoms with Crippen LogP contribution in [0.5, 0.6) is 11.5 Å². The van der Waals surface area contributed by atoms with Crippen molar-refractivity contribution in [2.75, 3.05) is 20.8 Å². The van der Waals surface area contributed by atoms with Crippen molar-refractivity contribution >= 4 is 0 Å². The predicted molar refractivity (Wildman–Crippen MR) is 68.5 cm³/mol. The highest BCUT2D eigenvalue weighted by atomic mass is 16.5. The van der Waals surface area contributed by atoms with Gasteiger partial charge >= 0.3 is 0 Å². The summed E-state index contributed by atoms with van der Waals surface area (Å²) in [6, 6.07) is 1.79. The van der Waals surface area contributed by atoms with E-state index in [0.717, 1.165) is 18.7 Å². The molecular formula is C13H20N2O2. The molecule has 0 saturated carbocycles. The molecule has 0 spiro atoms. The number of nitrogens with one attached hydrogen (secondary N) is 1. The van der Waals surface area contributed by atoms with E-state index in [0.29, 0.717) is 18.0 Å². The number of allylic oxidation sites excluding steroid dienone is 1. The Morgan fingerprint density at radius 1 is 1.35 bits per heavy atom. The Bertz CT molecular complexity index is 364. The van der Waals surface area contributed by atoms with E-state index in [4.69, 9.17) is 9.47 Å². The van der Waals surface area contributed by atoms with Crippen LogP contribution in [0.2, 0.25) is 0 Å². The molecule has 0 aliphatic heterocycles. The fraction of sp³-hybridized carbons (Fsp3) is 0.462. The third-order valence-corrected chi connectivity index (χ3v) is 2.38. The van der Waals surface area contributed by atoms with E-state index in [2.05, 4.69) is 16.4 Å². The van der Waals surface area contributed by atoms with E-state index in [1.807, 2.05) is 13.0 Å². The summed E-state index contributed by atoms with van der Waals surface area (Å²) in [4.78, 5) is 4.29. The second-order valence-corrected chi connectivity index (χ2v) is 3.53. The fourth-order valence-electron chi connectivity index (χ4n) is 1.54.